The average molecular weight is 228 g/mol. The summed E-state index contributed by atoms with van der Waals surface area (Å²) >= 11 is 0. The molecule has 0 aromatic rings. The highest BCUT2D eigenvalue weighted by Crippen LogP contribution is 2.16. The summed E-state index contributed by atoms with van der Waals surface area (Å²) < 4.78 is 9.84. The zero-order valence-corrected chi connectivity index (χ0v) is 9.60. The van der Waals surface area contributed by atoms with Crippen LogP contribution < -0.4 is 0 Å². The van der Waals surface area contributed by atoms with Gasteiger partial charge in [0.1, 0.15) is 6.61 Å². The molecule has 0 amide bonds. The molecule has 0 saturated heterocycles. The third-order valence-electron chi connectivity index (χ3n) is 2.02. The molecule has 0 aliphatic carbocycles. The van der Waals surface area contributed by atoms with Crippen LogP contribution in [0.3, 0.4) is 0 Å². The van der Waals surface area contributed by atoms with Crippen molar-refractivity contribution in [3.8, 4) is 0 Å². The van der Waals surface area contributed by atoms with Gasteiger partial charge in [-0.25, -0.2) is 0 Å². The Morgan fingerprint density at radius 1 is 1.56 bits per heavy atom. The van der Waals surface area contributed by atoms with Gasteiger partial charge in [-0.3, -0.25) is 9.59 Å². The summed E-state index contributed by atoms with van der Waals surface area (Å²) in [5.74, 6) is -0.722. The Balaban J connectivity index is 2.47. The van der Waals surface area contributed by atoms with Crippen LogP contribution in [0.5, 0.6) is 0 Å². The summed E-state index contributed by atoms with van der Waals surface area (Å²) in [5.41, 5.74) is -0.619. The molecule has 0 bridgehead atoms. The maximum Gasteiger partial charge on any atom is 0.311 e. The number of esters is 1. The number of hydrogen-bond donors (Lipinski definition) is 1. The minimum Gasteiger partial charge on any atom is -0.462 e. The fourth-order valence-electron chi connectivity index (χ4n) is 1.05. The Kier molecular flexibility index (Phi) is 3.83. The van der Waals surface area contributed by atoms with Gasteiger partial charge in [-0.2, -0.15) is 0 Å². The van der Waals surface area contributed by atoms with E-state index in [4.69, 9.17) is 14.6 Å². The highest BCUT2D eigenvalue weighted by Gasteiger charge is 2.28. The molecular formula is C11H16O5. The van der Waals surface area contributed by atoms with Crippen molar-refractivity contribution in [3.05, 3.63) is 12.2 Å². The molecule has 1 unspecified atom stereocenters. The van der Waals surface area contributed by atoms with Crippen molar-refractivity contribution in [1.29, 1.82) is 0 Å². The Labute approximate surface area is 94.0 Å². The number of rotatable bonds is 2. The van der Waals surface area contributed by atoms with Crippen molar-refractivity contribution in [2.24, 2.45) is 5.41 Å². The molecule has 5 heteroatoms. The molecule has 1 N–H and O–H groups in total. The monoisotopic (exact) mass is 228 g/mol. The van der Waals surface area contributed by atoms with Crippen molar-refractivity contribution in [2.45, 2.75) is 33.2 Å². The summed E-state index contributed by atoms with van der Waals surface area (Å²) in [6.45, 7) is 4.98. The molecule has 0 radical (unpaired) electrons. The van der Waals surface area contributed by atoms with Crippen LogP contribution in [0.15, 0.2) is 12.2 Å². The highest BCUT2D eigenvalue weighted by atomic mass is 16.6. The van der Waals surface area contributed by atoms with Crippen LogP contribution in [0.1, 0.15) is 20.8 Å². The topological polar surface area (TPSA) is 72.8 Å². The van der Waals surface area contributed by atoms with Crippen molar-refractivity contribution in [2.75, 3.05) is 6.61 Å². The average Bonchev–Trinajstić information content (AvgIpc) is 2.17. The molecule has 5 nitrogen and oxygen atoms in total. The van der Waals surface area contributed by atoms with Crippen LogP contribution in [-0.4, -0.2) is 35.9 Å². The van der Waals surface area contributed by atoms with Gasteiger partial charge in [0, 0.05) is 0 Å². The molecule has 1 rings (SSSR count). The highest BCUT2D eigenvalue weighted by molar-refractivity contribution is 5.94. The summed E-state index contributed by atoms with van der Waals surface area (Å²) in [7, 11) is 0. The van der Waals surface area contributed by atoms with Crippen LogP contribution in [0.4, 0.5) is 0 Å². The van der Waals surface area contributed by atoms with Gasteiger partial charge in [0.15, 0.2) is 18.2 Å². The number of carbonyl (C=O) groups is 2. The summed E-state index contributed by atoms with van der Waals surface area (Å²) in [5, 5.41) is 9.12. The summed E-state index contributed by atoms with van der Waals surface area (Å²) in [6, 6.07) is 0. The lowest BCUT2D eigenvalue weighted by Crippen LogP contribution is -2.37. The van der Waals surface area contributed by atoms with E-state index in [1.54, 1.807) is 20.8 Å². The Hall–Kier alpha value is -1.20. The quantitative estimate of drug-likeness (QED) is 0.693. The van der Waals surface area contributed by atoms with Gasteiger partial charge in [-0.1, -0.05) is 0 Å². The first-order chi connectivity index (χ1) is 7.30. The lowest BCUT2D eigenvalue weighted by molar-refractivity contribution is -0.170. The molecule has 2 atom stereocenters. The first-order valence-electron chi connectivity index (χ1n) is 5.03. The maximum absolute atomic E-state index is 11.4. The Morgan fingerprint density at radius 3 is 2.75 bits per heavy atom. The van der Waals surface area contributed by atoms with E-state index in [0.717, 1.165) is 0 Å². The van der Waals surface area contributed by atoms with Gasteiger partial charge in [0.2, 0.25) is 0 Å². The first kappa shape index (κ1) is 12.9. The predicted molar refractivity (Wildman–Crippen MR) is 55.4 cm³/mol. The molecule has 0 spiro atoms. The molecule has 1 aliphatic heterocycles. The predicted octanol–water partition coefficient (Wildman–Crippen LogP) is 0.418. The van der Waals surface area contributed by atoms with Crippen molar-refractivity contribution >= 4 is 11.8 Å². The molecule has 0 fully saturated rings. The van der Waals surface area contributed by atoms with E-state index in [1.807, 2.05) is 0 Å². The molecule has 90 valence electrons. The summed E-state index contributed by atoms with van der Waals surface area (Å²) in [4.78, 5) is 22.7. The molecular weight excluding hydrogens is 212 g/mol. The van der Waals surface area contributed by atoms with Crippen molar-refractivity contribution < 1.29 is 24.2 Å². The van der Waals surface area contributed by atoms with Gasteiger partial charge in [-0.05, 0) is 32.9 Å². The van der Waals surface area contributed by atoms with Gasteiger partial charge < -0.3 is 14.6 Å². The third kappa shape index (κ3) is 3.43. The molecule has 0 aromatic heterocycles. The van der Waals surface area contributed by atoms with E-state index in [9.17, 15) is 9.59 Å². The third-order valence-corrected chi connectivity index (χ3v) is 2.02. The van der Waals surface area contributed by atoms with E-state index in [2.05, 4.69) is 0 Å². The fourth-order valence-corrected chi connectivity index (χ4v) is 1.05. The zero-order valence-electron chi connectivity index (χ0n) is 9.60. The van der Waals surface area contributed by atoms with E-state index in [0.29, 0.717) is 0 Å². The van der Waals surface area contributed by atoms with Gasteiger partial charge in [0.05, 0.1) is 5.41 Å². The SMILES string of the molecule is CC(C)(C)C(=O)OC[C@H]1OC(O)C=CC1=O. The Bertz CT molecular complexity index is 313. The number of ketones is 1. The van der Waals surface area contributed by atoms with Gasteiger partial charge in [-0.15, -0.1) is 0 Å². The number of aliphatic hydroxyl groups excluding tert-OH is 1. The lowest BCUT2D eigenvalue weighted by Gasteiger charge is -2.23. The van der Waals surface area contributed by atoms with Crippen LogP contribution in [0.25, 0.3) is 0 Å². The van der Waals surface area contributed by atoms with Crippen LogP contribution >= 0.6 is 0 Å². The van der Waals surface area contributed by atoms with Crippen LogP contribution in [-0.2, 0) is 19.1 Å². The van der Waals surface area contributed by atoms with E-state index < -0.39 is 23.8 Å². The van der Waals surface area contributed by atoms with E-state index in [-0.39, 0.29) is 12.4 Å². The van der Waals surface area contributed by atoms with Crippen molar-refractivity contribution in [1.82, 2.24) is 0 Å². The second-order valence-corrected chi connectivity index (χ2v) is 4.63. The Morgan fingerprint density at radius 2 is 2.19 bits per heavy atom. The molecule has 1 aliphatic rings. The smallest absolute Gasteiger partial charge is 0.311 e. The normalized spacial score (nSPS) is 25.6. The molecule has 16 heavy (non-hydrogen) atoms. The van der Waals surface area contributed by atoms with Gasteiger partial charge in [0.25, 0.3) is 0 Å². The van der Waals surface area contributed by atoms with Crippen LogP contribution in [0, 0.1) is 5.41 Å². The second kappa shape index (κ2) is 4.76. The molecule has 1 heterocycles. The van der Waals surface area contributed by atoms with E-state index >= 15 is 0 Å². The minimum atomic E-state index is -1.11. The number of ether oxygens (including phenoxy) is 2. The standard InChI is InChI=1S/C11H16O5/c1-11(2,3)10(14)15-6-8-7(12)4-5-9(13)16-8/h4-5,8-9,13H,6H2,1-3H3/t8-,9?/m1/s1. The number of carbonyl (C=O) groups excluding carboxylic acids is 2. The fraction of sp³-hybridized carbons (Fsp3) is 0.636. The van der Waals surface area contributed by atoms with Crippen molar-refractivity contribution in [3.63, 3.8) is 0 Å². The van der Waals surface area contributed by atoms with Crippen LogP contribution in [0.2, 0.25) is 0 Å². The zero-order chi connectivity index (χ0) is 12.3. The largest absolute Gasteiger partial charge is 0.462 e. The van der Waals surface area contributed by atoms with E-state index in [1.165, 1.54) is 12.2 Å². The number of aliphatic hydroxyl groups is 1. The second-order valence-electron chi connectivity index (χ2n) is 4.63. The number of hydrogen-bond acceptors (Lipinski definition) is 5. The molecule has 0 aromatic carbocycles. The minimum absolute atomic E-state index is 0.170. The maximum atomic E-state index is 11.4. The molecule has 0 saturated carbocycles. The summed E-state index contributed by atoms with van der Waals surface area (Å²) in [6.07, 6.45) is 0.441. The lowest BCUT2D eigenvalue weighted by atomic mass is 9.97. The van der Waals surface area contributed by atoms with Gasteiger partial charge >= 0.3 is 5.97 Å². The first-order valence-corrected chi connectivity index (χ1v) is 5.03.